The maximum absolute atomic E-state index is 12.4. The summed E-state index contributed by atoms with van der Waals surface area (Å²) in [6.07, 6.45) is 0.245. The van der Waals surface area contributed by atoms with E-state index in [0.29, 0.717) is 39.3 Å². The number of rotatable bonds is 7. The van der Waals surface area contributed by atoms with Gasteiger partial charge in [0.1, 0.15) is 0 Å². The highest BCUT2D eigenvalue weighted by atomic mass is 16.2. The molecule has 1 saturated heterocycles. The van der Waals surface area contributed by atoms with Crippen molar-refractivity contribution in [1.82, 2.24) is 20.4 Å². The van der Waals surface area contributed by atoms with Crippen molar-refractivity contribution in [2.75, 3.05) is 45.8 Å². The molecule has 0 unspecified atom stereocenters. The number of carbonyl (C=O) groups excluding carboxylic acids is 3. The lowest BCUT2D eigenvalue weighted by Gasteiger charge is -2.34. The summed E-state index contributed by atoms with van der Waals surface area (Å²) in [5.41, 5.74) is 0.951. The highest BCUT2D eigenvalue weighted by Crippen LogP contribution is 2.18. The van der Waals surface area contributed by atoms with Gasteiger partial charge in [-0.2, -0.15) is 0 Å². The molecule has 2 aromatic rings. The fraction of sp³-hybridized carbons (Fsp3) is 0.409. The summed E-state index contributed by atoms with van der Waals surface area (Å²) >= 11 is 0. The summed E-state index contributed by atoms with van der Waals surface area (Å²) in [6, 6.07) is 13.9. The lowest BCUT2D eigenvalue weighted by Crippen LogP contribution is -2.53. The number of carbonyl (C=O) groups is 3. The topological polar surface area (TPSA) is 81.8 Å². The highest BCUT2D eigenvalue weighted by Gasteiger charge is 2.22. The maximum atomic E-state index is 12.4. The third-order valence-electron chi connectivity index (χ3n) is 5.13. The van der Waals surface area contributed by atoms with Gasteiger partial charge in [0.25, 0.3) is 0 Å². The summed E-state index contributed by atoms with van der Waals surface area (Å²) in [7, 11) is 0. The minimum absolute atomic E-state index is 0.0000791. The van der Waals surface area contributed by atoms with Crippen LogP contribution in [-0.2, 0) is 20.8 Å². The Morgan fingerprint density at radius 1 is 0.897 bits per heavy atom. The molecule has 7 heteroatoms. The van der Waals surface area contributed by atoms with Gasteiger partial charge in [0.05, 0.1) is 19.5 Å². The third-order valence-corrected chi connectivity index (χ3v) is 5.13. The second-order valence-corrected chi connectivity index (χ2v) is 7.20. The average Bonchev–Trinajstić information content (AvgIpc) is 2.73. The molecule has 2 N–H and O–H groups in total. The standard InChI is InChI=1S/C22H28N4O3/c1-2-23-21(28)16-25-10-12-26(13-11-25)22(29)15-24-20(27)14-18-8-5-7-17-6-3-4-9-19(17)18/h3-9H,2,10-16H2,1H3,(H,23,28)(H,24,27). The van der Waals surface area contributed by atoms with Gasteiger partial charge in [0, 0.05) is 32.7 Å². The van der Waals surface area contributed by atoms with Crippen molar-refractivity contribution in [1.29, 1.82) is 0 Å². The molecule has 2 aromatic carbocycles. The van der Waals surface area contributed by atoms with Gasteiger partial charge in [-0.1, -0.05) is 42.5 Å². The third kappa shape index (κ3) is 5.77. The number of fused-ring (bicyclic) bond motifs is 1. The van der Waals surface area contributed by atoms with Gasteiger partial charge < -0.3 is 15.5 Å². The molecule has 7 nitrogen and oxygen atoms in total. The predicted octanol–water partition coefficient (Wildman–Crippen LogP) is 0.779. The molecule has 3 amide bonds. The number of nitrogens with zero attached hydrogens (tertiary/aromatic N) is 2. The highest BCUT2D eigenvalue weighted by molar-refractivity contribution is 5.91. The summed E-state index contributed by atoms with van der Waals surface area (Å²) in [5, 5.41) is 7.68. The zero-order chi connectivity index (χ0) is 20.6. The van der Waals surface area contributed by atoms with Crippen LogP contribution in [0.2, 0.25) is 0 Å². The van der Waals surface area contributed by atoms with Crippen LogP contribution in [0.25, 0.3) is 10.8 Å². The molecule has 0 aliphatic carbocycles. The number of amides is 3. The van der Waals surface area contributed by atoms with E-state index in [-0.39, 0.29) is 30.7 Å². The van der Waals surface area contributed by atoms with Crippen LogP contribution in [0, 0.1) is 0 Å². The number of hydrogen-bond donors (Lipinski definition) is 2. The van der Waals surface area contributed by atoms with Crippen LogP contribution in [0.3, 0.4) is 0 Å². The predicted molar refractivity (Wildman–Crippen MR) is 112 cm³/mol. The van der Waals surface area contributed by atoms with Gasteiger partial charge >= 0.3 is 0 Å². The van der Waals surface area contributed by atoms with E-state index in [9.17, 15) is 14.4 Å². The lowest BCUT2D eigenvalue weighted by atomic mass is 10.0. The number of hydrogen-bond acceptors (Lipinski definition) is 4. The minimum atomic E-state index is -0.162. The molecular weight excluding hydrogens is 368 g/mol. The summed E-state index contributed by atoms with van der Waals surface area (Å²) in [4.78, 5) is 40.2. The molecule has 0 radical (unpaired) electrons. The first-order chi connectivity index (χ1) is 14.1. The quantitative estimate of drug-likeness (QED) is 0.725. The summed E-state index contributed by atoms with van der Waals surface area (Å²) in [6.45, 7) is 5.32. The molecule has 1 heterocycles. The molecule has 0 aromatic heterocycles. The largest absolute Gasteiger partial charge is 0.355 e. The van der Waals surface area contributed by atoms with Crippen LogP contribution < -0.4 is 10.6 Å². The zero-order valence-electron chi connectivity index (χ0n) is 16.8. The van der Waals surface area contributed by atoms with E-state index in [1.807, 2.05) is 54.3 Å². The van der Waals surface area contributed by atoms with Crippen LogP contribution >= 0.6 is 0 Å². The molecule has 0 saturated carbocycles. The molecule has 1 fully saturated rings. The fourth-order valence-corrected chi connectivity index (χ4v) is 3.58. The summed E-state index contributed by atoms with van der Waals surface area (Å²) in [5.74, 6) is -0.244. The number of likely N-dealkylation sites (N-methyl/N-ethyl adjacent to an activating group) is 1. The van der Waals surface area contributed by atoms with Crippen molar-refractivity contribution in [2.24, 2.45) is 0 Å². The monoisotopic (exact) mass is 396 g/mol. The molecule has 3 rings (SSSR count). The number of piperazine rings is 1. The first kappa shape index (κ1) is 20.8. The average molecular weight is 396 g/mol. The molecular formula is C22H28N4O3. The van der Waals surface area contributed by atoms with Gasteiger partial charge in [-0.05, 0) is 23.3 Å². The second kappa shape index (κ2) is 10.0. The minimum Gasteiger partial charge on any atom is -0.355 e. The van der Waals surface area contributed by atoms with E-state index >= 15 is 0 Å². The Labute approximate surface area is 171 Å². The van der Waals surface area contributed by atoms with E-state index < -0.39 is 0 Å². The molecule has 1 aliphatic rings. The molecule has 154 valence electrons. The van der Waals surface area contributed by atoms with Crippen LogP contribution in [0.15, 0.2) is 42.5 Å². The van der Waals surface area contributed by atoms with Crippen molar-refractivity contribution in [3.63, 3.8) is 0 Å². The van der Waals surface area contributed by atoms with Crippen molar-refractivity contribution in [3.8, 4) is 0 Å². The molecule has 0 spiro atoms. The van der Waals surface area contributed by atoms with Crippen molar-refractivity contribution < 1.29 is 14.4 Å². The van der Waals surface area contributed by atoms with Crippen LogP contribution in [0.1, 0.15) is 12.5 Å². The molecule has 0 atom stereocenters. The van der Waals surface area contributed by atoms with Crippen molar-refractivity contribution in [2.45, 2.75) is 13.3 Å². The first-order valence-corrected chi connectivity index (χ1v) is 10.1. The first-order valence-electron chi connectivity index (χ1n) is 10.1. The molecule has 1 aliphatic heterocycles. The van der Waals surface area contributed by atoms with Crippen LogP contribution in [0.4, 0.5) is 0 Å². The van der Waals surface area contributed by atoms with Gasteiger partial charge in [-0.25, -0.2) is 0 Å². The molecule has 29 heavy (non-hydrogen) atoms. The Hall–Kier alpha value is -2.93. The Kier molecular flexibility index (Phi) is 7.19. The maximum Gasteiger partial charge on any atom is 0.242 e. The van der Waals surface area contributed by atoms with E-state index in [2.05, 4.69) is 10.6 Å². The van der Waals surface area contributed by atoms with Crippen LogP contribution in [0.5, 0.6) is 0 Å². The zero-order valence-corrected chi connectivity index (χ0v) is 16.8. The van der Waals surface area contributed by atoms with Gasteiger partial charge in [0.2, 0.25) is 17.7 Å². The lowest BCUT2D eigenvalue weighted by molar-refractivity contribution is -0.134. The number of benzene rings is 2. The Bertz CT molecular complexity index is 870. The van der Waals surface area contributed by atoms with E-state index in [4.69, 9.17) is 0 Å². The van der Waals surface area contributed by atoms with Gasteiger partial charge in [-0.3, -0.25) is 19.3 Å². The Balaban J connectivity index is 1.44. The van der Waals surface area contributed by atoms with Gasteiger partial charge in [-0.15, -0.1) is 0 Å². The smallest absolute Gasteiger partial charge is 0.242 e. The SMILES string of the molecule is CCNC(=O)CN1CCN(C(=O)CNC(=O)Cc2cccc3ccccc23)CC1. The normalized spacial score (nSPS) is 14.6. The van der Waals surface area contributed by atoms with Crippen molar-refractivity contribution >= 4 is 28.5 Å². The summed E-state index contributed by atoms with van der Waals surface area (Å²) < 4.78 is 0. The van der Waals surface area contributed by atoms with Crippen molar-refractivity contribution in [3.05, 3.63) is 48.0 Å². The number of nitrogens with one attached hydrogen (secondary N) is 2. The Morgan fingerprint density at radius 3 is 2.38 bits per heavy atom. The second-order valence-electron chi connectivity index (χ2n) is 7.20. The van der Waals surface area contributed by atoms with Gasteiger partial charge in [0.15, 0.2) is 0 Å². The Morgan fingerprint density at radius 2 is 1.62 bits per heavy atom. The van der Waals surface area contributed by atoms with E-state index in [1.165, 1.54) is 0 Å². The van der Waals surface area contributed by atoms with Crippen LogP contribution in [-0.4, -0.2) is 73.3 Å². The molecule has 0 bridgehead atoms. The van der Waals surface area contributed by atoms with E-state index in [1.54, 1.807) is 4.90 Å². The van der Waals surface area contributed by atoms with E-state index in [0.717, 1.165) is 16.3 Å². The fourth-order valence-electron chi connectivity index (χ4n) is 3.58.